The number of piperidine rings is 1. The number of rotatable bonds is 7. The van der Waals surface area contributed by atoms with Crippen LogP contribution in [0.2, 0.25) is 0 Å². The molecule has 0 spiro atoms. The first-order valence-corrected chi connectivity index (χ1v) is 12.0. The van der Waals surface area contributed by atoms with E-state index in [1.165, 1.54) is 15.0 Å². The number of hydrogen-bond donors (Lipinski definition) is 1. The fourth-order valence-electron chi connectivity index (χ4n) is 4.79. The molecular weight excluding hydrogens is 422 g/mol. The molecule has 1 aliphatic heterocycles. The number of fused-ring (bicyclic) bond motifs is 2. The zero-order chi connectivity index (χ0) is 22.1. The molecule has 0 unspecified atom stereocenters. The maximum absolute atomic E-state index is 10.6. The molecule has 4 aromatic rings. The van der Waals surface area contributed by atoms with Crippen LogP contribution in [-0.2, 0) is 0 Å². The van der Waals surface area contributed by atoms with E-state index in [0.29, 0.717) is 18.4 Å². The van der Waals surface area contributed by atoms with Crippen LogP contribution in [-0.4, -0.2) is 49.5 Å². The molecule has 5 nitrogen and oxygen atoms in total. The molecule has 0 amide bonds. The molecule has 1 saturated heterocycles. The lowest BCUT2D eigenvalue weighted by molar-refractivity contribution is 0.0502. The van der Waals surface area contributed by atoms with Crippen molar-refractivity contribution in [2.75, 3.05) is 33.4 Å². The number of benzene rings is 2. The van der Waals surface area contributed by atoms with Gasteiger partial charge in [0.05, 0.1) is 18.8 Å². The van der Waals surface area contributed by atoms with Gasteiger partial charge in [-0.05, 0) is 72.7 Å². The minimum Gasteiger partial charge on any atom is -0.497 e. The van der Waals surface area contributed by atoms with Gasteiger partial charge in [0.1, 0.15) is 29.8 Å². The van der Waals surface area contributed by atoms with Crippen LogP contribution < -0.4 is 9.47 Å². The molecule has 0 saturated carbocycles. The molecule has 168 valence electrons. The highest BCUT2D eigenvalue weighted by atomic mass is 32.1. The lowest BCUT2D eigenvalue weighted by Crippen LogP contribution is -2.43. The number of nitrogens with zero attached hydrogens (tertiary/aromatic N) is 1. The molecule has 0 radical (unpaired) electrons. The summed E-state index contributed by atoms with van der Waals surface area (Å²) < 4.78 is 18.0. The Morgan fingerprint density at radius 2 is 2.12 bits per heavy atom. The van der Waals surface area contributed by atoms with Crippen LogP contribution in [0.15, 0.2) is 59.2 Å². The number of aliphatic hydroxyl groups excluding tert-OH is 1. The van der Waals surface area contributed by atoms with Crippen molar-refractivity contribution >= 4 is 32.4 Å². The molecule has 5 rings (SSSR count). The van der Waals surface area contributed by atoms with Gasteiger partial charge in [0, 0.05) is 22.7 Å². The first kappa shape index (κ1) is 21.3. The molecule has 3 atom stereocenters. The second-order valence-electron chi connectivity index (χ2n) is 8.74. The van der Waals surface area contributed by atoms with Crippen molar-refractivity contribution in [2.24, 2.45) is 5.92 Å². The fourth-order valence-corrected chi connectivity index (χ4v) is 6.15. The fraction of sp³-hybridized carbons (Fsp3) is 0.385. The third-order valence-electron chi connectivity index (χ3n) is 6.46. The Morgan fingerprint density at radius 1 is 1.22 bits per heavy atom. The normalized spacial score (nSPS) is 20.6. The molecular formula is C26H29NO4S. The van der Waals surface area contributed by atoms with E-state index in [0.717, 1.165) is 42.0 Å². The number of thiophene rings is 1. The zero-order valence-corrected chi connectivity index (χ0v) is 19.3. The van der Waals surface area contributed by atoms with E-state index in [9.17, 15) is 5.11 Å². The van der Waals surface area contributed by atoms with Crippen LogP contribution in [0.25, 0.3) is 21.1 Å². The maximum Gasteiger partial charge on any atom is 0.137 e. The van der Waals surface area contributed by atoms with E-state index in [1.807, 2.05) is 41.7 Å². The quantitative estimate of drug-likeness (QED) is 0.401. The van der Waals surface area contributed by atoms with E-state index >= 15 is 0 Å². The molecule has 6 heteroatoms. The van der Waals surface area contributed by atoms with Crippen LogP contribution in [0.3, 0.4) is 0 Å². The van der Waals surface area contributed by atoms with Gasteiger partial charge in [-0.3, -0.25) is 0 Å². The molecule has 1 N–H and O–H groups in total. The molecule has 1 aliphatic rings. The molecule has 32 heavy (non-hydrogen) atoms. The second-order valence-corrected chi connectivity index (χ2v) is 9.85. The SMILES string of the molecule is COc1ccc2cc([C@H]3CCN(C[C@H](O)COc4cccc5occc45)C[C@@H]3C)sc2c1. The van der Waals surface area contributed by atoms with E-state index in [-0.39, 0.29) is 6.61 Å². The Bertz CT molecular complexity index is 1200. The van der Waals surface area contributed by atoms with Gasteiger partial charge in [0.15, 0.2) is 0 Å². The van der Waals surface area contributed by atoms with Crippen molar-refractivity contribution < 1.29 is 19.0 Å². The smallest absolute Gasteiger partial charge is 0.137 e. The van der Waals surface area contributed by atoms with Crippen LogP contribution in [0.4, 0.5) is 0 Å². The number of ether oxygens (including phenoxy) is 2. The predicted octanol–water partition coefficient (Wildman–Crippen LogP) is 5.52. The molecule has 1 fully saturated rings. The van der Waals surface area contributed by atoms with Crippen LogP contribution in [0, 0.1) is 5.92 Å². The van der Waals surface area contributed by atoms with E-state index in [4.69, 9.17) is 13.9 Å². The largest absolute Gasteiger partial charge is 0.497 e. The van der Waals surface area contributed by atoms with E-state index < -0.39 is 6.10 Å². The van der Waals surface area contributed by atoms with Gasteiger partial charge in [-0.2, -0.15) is 0 Å². The predicted molar refractivity (Wildman–Crippen MR) is 129 cm³/mol. The zero-order valence-electron chi connectivity index (χ0n) is 18.5. The first-order chi connectivity index (χ1) is 15.6. The van der Waals surface area contributed by atoms with E-state index in [2.05, 4.69) is 30.0 Å². The second kappa shape index (κ2) is 9.14. The minimum atomic E-state index is -0.530. The number of aliphatic hydroxyl groups is 1. The monoisotopic (exact) mass is 451 g/mol. The Morgan fingerprint density at radius 3 is 2.97 bits per heavy atom. The van der Waals surface area contributed by atoms with Gasteiger partial charge < -0.3 is 23.9 Å². The van der Waals surface area contributed by atoms with Crippen LogP contribution in [0.5, 0.6) is 11.5 Å². The standard InChI is InChI=1S/C26H29NO4S/c1-17-14-27(15-19(28)16-31-24-5-3-4-23-22(24)9-11-30-23)10-8-21(17)26-12-18-6-7-20(29-2)13-25(18)32-26/h3-7,9,11-13,17,19,21,28H,8,10,14-16H2,1-2H3/t17-,19-,21-/m0/s1. The van der Waals surface area contributed by atoms with Crippen LogP contribution >= 0.6 is 11.3 Å². The molecule has 2 aromatic heterocycles. The van der Waals surface area contributed by atoms with Gasteiger partial charge in [-0.25, -0.2) is 0 Å². The van der Waals surface area contributed by atoms with Gasteiger partial charge in [0.2, 0.25) is 0 Å². The maximum atomic E-state index is 10.6. The highest BCUT2D eigenvalue weighted by molar-refractivity contribution is 7.19. The highest BCUT2D eigenvalue weighted by Gasteiger charge is 2.29. The van der Waals surface area contributed by atoms with Gasteiger partial charge >= 0.3 is 0 Å². The third-order valence-corrected chi connectivity index (χ3v) is 7.69. The lowest BCUT2D eigenvalue weighted by Gasteiger charge is -2.37. The van der Waals surface area contributed by atoms with Crippen molar-refractivity contribution in [1.82, 2.24) is 4.90 Å². The summed E-state index contributed by atoms with van der Waals surface area (Å²) in [7, 11) is 1.71. The van der Waals surface area contributed by atoms with Crippen molar-refractivity contribution in [1.29, 1.82) is 0 Å². The summed E-state index contributed by atoms with van der Waals surface area (Å²) >= 11 is 1.88. The third kappa shape index (κ3) is 4.35. The van der Waals surface area contributed by atoms with Gasteiger partial charge in [-0.1, -0.05) is 13.0 Å². The number of methoxy groups -OCH3 is 1. The summed E-state index contributed by atoms with van der Waals surface area (Å²) in [6.07, 6.45) is 2.23. The molecule has 0 bridgehead atoms. The van der Waals surface area contributed by atoms with Crippen molar-refractivity contribution in [3.05, 3.63) is 59.7 Å². The van der Waals surface area contributed by atoms with E-state index in [1.54, 1.807) is 13.4 Å². The molecule has 0 aliphatic carbocycles. The lowest BCUT2D eigenvalue weighted by atomic mass is 9.85. The molecule has 2 aromatic carbocycles. The number of furan rings is 1. The Kier molecular flexibility index (Phi) is 6.09. The van der Waals surface area contributed by atoms with Gasteiger partial charge in [-0.15, -0.1) is 11.3 Å². The minimum absolute atomic E-state index is 0.275. The highest BCUT2D eigenvalue weighted by Crippen LogP contribution is 2.40. The summed E-state index contributed by atoms with van der Waals surface area (Å²) in [5.74, 6) is 2.76. The van der Waals surface area contributed by atoms with Crippen molar-refractivity contribution in [3.63, 3.8) is 0 Å². The summed E-state index contributed by atoms with van der Waals surface area (Å²) in [6, 6.07) is 16.3. The number of hydrogen-bond acceptors (Lipinski definition) is 6. The molecule has 3 heterocycles. The summed E-state index contributed by atoms with van der Waals surface area (Å²) in [5, 5.41) is 12.8. The average molecular weight is 452 g/mol. The Balaban J connectivity index is 1.17. The summed E-state index contributed by atoms with van der Waals surface area (Å²) in [6.45, 7) is 5.20. The number of likely N-dealkylation sites (tertiary alicyclic amines) is 1. The van der Waals surface area contributed by atoms with Crippen molar-refractivity contribution in [3.8, 4) is 11.5 Å². The van der Waals surface area contributed by atoms with Gasteiger partial charge in [0.25, 0.3) is 0 Å². The summed E-state index contributed by atoms with van der Waals surface area (Å²) in [4.78, 5) is 3.82. The summed E-state index contributed by atoms with van der Waals surface area (Å²) in [5.41, 5.74) is 0.799. The average Bonchev–Trinajstić information content (AvgIpc) is 3.44. The van der Waals surface area contributed by atoms with Crippen molar-refractivity contribution in [2.45, 2.75) is 25.4 Å². The first-order valence-electron chi connectivity index (χ1n) is 11.2. The van der Waals surface area contributed by atoms with Crippen LogP contribution in [0.1, 0.15) is 24.1 Å². The number of β-amino-alcohol motifs (C(OH)–C–C–N with tert-alkyl or cyclic N) is 1. The Hall–Kier alpha value is -2.54. The topological polar surface area (TPSA) is 55.1 Å². The Labute approximate surface area is 192 Å².